The van der Waals surface area contributed by atoms with Gasteiger partial charge in [-0.25, -0.2) is 4.39 Å². The number of β-amino-alcohol motifs (C(OH)–C–C–N with tert-alkyl or cyclic N) is 2. The van der Waals surface area contributed by atoms with Crippen molar-refractivity contribution in [1.82, 2.24) is 9.88 Å². The molecule has 1 saturated carbocycles. The number of nitrogens with one attached hydrogen (secondary N) is 1. The van der Waals surface area contributed by atoms with E-state index in [4.69, 9.17) is 4.74 Å². The number of aliphatic hydroxyl groups is 2. The lowest BCUT2D eigenvalue weighted by Crippen LogP contribution is -2.36. The first-order valence-corrected chi connectivity index (χ1v) is 10.9. The van der Waals surface area contributed by atoms with Gasteiger partial charge in [0, 0.05) is 32.0 Å². The highest BCUT2D eigenvalue weighted by atomic mass is 32.1. The molecule has 5 rings (SSSR count). The van der Waals surface area contributed by atoms with Gasteiger partial charge in [0.2, 0.25) is 0 Å². The molecule has 0 unspecified atom stereocenters. The molecule has 1 saturated heterocycles. The average molecular weight is 431 g/mol. The lowest BCUT2D eigenvalue weighted by Gasteiger charge is -2.25. The van der Waals surface area contributed by atoms with Gasteiger partial charge >= 0.3 is 4.87 Å². The summed E-state index contributed by atoms with van der Waals surface area (Å²) in [6, 6.07) is 11.8. The van der Waals surface area contributed by atoms with E-state index < -0.39 is 17.5 Å². The minimum atomic E-state index is -0.889. The molecule has 2 aromatic carbocycles. The summed E-state index contributed by atoms with van der Waals surface area (Å²) in [6.07, 6.45) is 0.171. The van der Waals surface area contributed by atoms with E-state index in [1.54, 1.807) is 18.2 Å². The van der Waals surface area contributed by atoms with Gasteiger partial charge in [0.05, 0.1) is 21.9 Å². The molecule has 0 spiro atoms. The highest BCUT2D eigenvalue weighted by Gasteiger charge is 2.52. The third-order valence-electron chi connectivity index (χ3n) is 6.26. The number of fused-ring (bicyclic) bond motifs is 2. The van der Waals surface area contributed by atoms with Gasteiger partial charge in [-0.15, -0.1) is 0 Å². The van der Waals surface area contributed by atoms with Crippen LogP contribution in [-0.2, 0) is 0 Å². The standard InChI is InChI=1S/C22H23FN2O4S/c23-16-3-1-2-4-19(16)29-15-8-14-10-25(12-22(14,28)9-15)11-18(26)13-5-6-17-20(7-13)30-21(27)24-17/h1-7,14-15,18,26,28H,8-12H2,(H,24,27)/t14-,15+,18-,22-/m1/s1. The maximum atomic E-state index is 13.9. The van der Waals surface area contributed by atoms with Crippen molar-refractivity contribution in [3.8, 4) is 5.75 Å². The molecule has 30 heavy (non-hydrogen) atoms. The van der Waals surface area contributed by atoms with Gasteiger partial charge < -0.3 is 19.9 Å². The largest absolute Gasteiger partial charge is 0.487 e. The minimum absolute atomic E-state index is 0.0267. The predicted molar refractivity (Wildman–Crippen MR) is 112 cm³/mol. The average Bonchev–Trinajstić information content (AvgIpc) is 3.30. The number of ether oxygens (including phenoxy) is 1. The molecule has 1 aromatic heterocycles. The normalized spacial score (nSPS) is 27.4. The smallest absolute Gasteiger partial charge is 0.305 e. The third-order valence-corrected chi connectivity index (χ3v) is 7.10. The van der Waals surface area contributed by atoms with Gasteiger partial charge in [0.15, 0.2) is 11.6 Å². The number of aromatic nitrogens is 1. The van der Waals surface area contributed by atoms with E-state index >= 15 is 0 Å². The zero-order valence-corrected chi connectivity index (χ0v) is 17.1. The SMILES string of the molecule is O=c1[nH]c2ccc([C@H](O)CN3C[C@H]4C[C@H](Oc5ccccc5F)C[C@@]4(O)C3)cc2s1. The van der Waals surface area contributed by atoms with E-state index in [1.165, 1.54) is 6.07 Å². The van der Waals surface area contributed by atoms with Crippen LogP contribution in [0, 0.1) is 11.7 Å². The van der Waals surface area contributed by atoms with E-state index in [0.29, 0.717) is 32.5 Å². The number of hydrogen-bond acceptors (Lipinski definition) is 6. The van der Waals surface area contributed by atoms with Crippen LogP contribution in [0.1, 0.15) is 24.5 Å². The molecule has 0 bridgehead atoms. The van der Waals surface area contributed by atoms with Crippen molar-refractivity contribution in [2.75, 3.05) is 19.6 Å². The summed E-state index contributed by atoms with van der Waals surface area (Å²) >= 11 is 1.12. The number of likely N-dealkylation sites (tertiary alicyclic amines) is 1. The number of rotatable bonds is 5. The Morgan fingerprint density at radius 2 is 2.17 bits per heavy atom. The summed E-state index contributed by atoms with van der Waals surface area (Å²) in [4.78, 5) is 16.2. The van der Waals surface area contributed by atoms with Crippen molar-refractivity contribution in [2.45, 2.75) is 30.7 Å². The molecular weight excluding hydrogens is 407 g/mol. The molecule has 2 aliphatic rings. The molecular formula is C22H23FN2O4S. The van der Waals surface area contributed by atoms with Crippen LogP contribution in [0.15, 0.2) is 47.3 Å². The van der Waals surface area contributed by atoms with Crippen LogP contribution >= 0.6 is 11.3 Å². The van der Waals surface area contributed by atoms with Crippen molar-refractivity contribution in [3.63, 3.8) is 0 Å². The van der Waals surface area contributed by atoms with E-state index in [0.717, 1.165) is 27.1 Å². The molecule has 4 atom stereocenters. The Morgan fingerprint density at radius 3 is 2.97 bits per heavy atom. The summed E-state index contributed by atoms with van der Waals surface area (Å²) in [6.45, 7) is 1.51. The number of aromatic amines is 1. The van der Waals surface area contributed by atoms with Gasteiger partial charge in [-0.05, 0) is 36.2 Å². The summed E-state index contributed by atoms with van der Waals surface area (Å²) in [5, 5.41) is 21.8. The third kappa shape index (κ3) is 3.65. The first-order valence-electron chi connectivity index (χ1n) is 10.1. The number of benzene rings is 2. The molecule has 158 valence electrons. The van der Waals surface area contributed by atoms with Crippen LogP contribution in [0.5, 0.6) is 5.75 Å². The Morgan fingerprint density at radius 1 is 1.33 bits per heavy atom. The lowest BCUT2D eigenvalue weighted by molar-refractivity contribution is 0.0176. The molecule has 0 amide bonds. The summed E-state index contributed by atoms with van der Waals surface area (Å²) in [5.41, 5.74) is 0.633. The highest BCUT2D eigenvalue weighted by Crippen LogP contribution is 2.43. The van der Waals surface area contributed by atoms with Gasteiger partial charge in [0.1, 0.15) is 6.10 Å². The fraction of sp³-hybridized carbons (Fsp3) is 0.409. The second-order valence-electron chi connectivity index (χ2n) is 8.39. The highest BCUT2D eigenvalue weighted by molar-refractivity contribution is 7.16. The van der Waals surface area contributed by atoms with Crippen molar-refractivity contribution in [2.24, 2.45) is 5.92 Å². The fourth-order valence-corrected chi connectivity index (χ4v) is 5.64. The molecule has 0 radical (unpaired) electrons. The Balaban J connectivity index is 1.22. The number of halogens is 1. The second kappa shape index (κ2) is 7.46. The van der Waals surface area contributed by atoms with E-state index in [2.05, 4.69) is 9.88 Å². The number of hydrogen-bond donors (Lipinski definition) is 3. The topological polar surface area (TPSA) is 85.8 Å². The van der Waals surface area contributed by atoms with Crippen LogP contribution in [0.3, 0.4) is 0 Å². The zero-order chi connectivity index (χ0) is 20.9. The number of nitrogens with zero attached hydrogens (tertiary/aromatic N) is 1. The van der Waals surface area contributed by atoms with E-state index in [-0.39, 0.29) is 22.6 Å². The van der Waals surface area contributed by atoms with Crippen molar-refractivity contribution in [3.05, 3.63) is 63.5 Å². The molecule has 1 aliphatic carbocycles. The van der Waals surface area contributed by atoms with Crippen LogP contribution in [0.25, 0.3) is 10.2 Å². The number of thiazole rings is 1. The van der Waals surface area contributed by atoms with Crippen molar-refractivity contribution in [1.29, 1.82) is 0 Å². The number of aliphatic hydroxyl groups excluding tert-OH is 1. The van der Waals surface area contributed by atoms with Crippen LogP contribution in [0.2, 0.25) is 0 Å². The predicted octanol–water partition coefficient (Wildman–Crippen LogP) is 2.67. The van der Waals surface area contributed by atoms with Crippen LogP contribution < -0.4 is 9.61 Å². The van der Waals surface area contributed by atoms with Crippen LogP contribution in [0.4, 0.5) is 4.39 Å². The molecule has 2 heterocycles. The first kappa shape index (κ1) is 19.7. The Kier molecular flexibility index (Phi) is 4.89. The quantitative estimate of drug-likeness (QED) is 0.580. The Bertz CT molecular complexity index is 1130. The maximum Gasteiger partial charge on any atom is 0.305 e. The molecule has 8 heteroatoms. The van der Waals surface area contributed by atoms with Gasteiger partial charge in [-0.1, -0.05) is 29.5 Å². The monoisotopic (exact) mass is 430 g/mol. The molecule has 1 aliphatic heterocycles. The number of para-hydroxylation sites is 1. The summed E-state index contributed by atoms with van der Waals surface area (Å²) in [5.74, 6) is -0.143. The Labute approximate surface area is 176 Å². The second-order valence-corrected chi connectivity index (χ2v) is 9.41. The fourth-order valence-electron chi connectivity index (χ4n) is 4.85. The number of H-pyrrole nitrogens is 1. The molecule has 3 N–H and O–H groups in total. The van der Waals surface area contributed by atoms with Gasteiger partial charge in [-0.3, -0.25) is 9.69 Å². The molecule has 3 aromatic rings. The molecule has 6 nitrogen and oxygen atoms in total. The minimum Gasteiger partial charge on any atom is -0.487 e. The Hall–Kier alpha value is -2.26. The van der Waals surface area contributed by atoms with E-state index in [9.17, 15) is 19.4 Å². The van der Waals surface area contributed by atoms with Crippen LogP contribution in [-0.4, -0.2) is 51.4 Å². The lowest BCUT2D eigenvalue weighted by atomic mass is 9.95. The maximum absolute atomic E-state index is 13.9. The summed E-state index contributed by atoms with van der Waals surface area (Å²) in [7, 11) is 0. The van der Waals surface area contributed by atoms with Gasteiger partial charge in [-0.2, -0.15) is 0 Å². The summed E-state index contributed by atoms with van der Waals surface area (Å²) < 4.78 is 20.5. The van der Waals surface area contributed by atoms with Crippen molar-refractivity contribution >= 4 is 21.6 Å². The molecule has 2 fully saturated rings. The first-order chi connectivity index (χ1) is 14.4. The van der Waals surface area contributed by atoms with Crippen molar-refractivity contribution < 1.29 is 19.3 Å². The van der Waals surface area contributed by atoms with E-state index in [1.807, 2.05) is 18.2 Å². The van der Waals surface area contributed by atoms with Gasteiger partial charge in [0.25, 0.3) is 0 Å². The zero-order valence-electron chi connectivity index (χ0n) is 16.3.